The summed E-state index contributed by atoms with van der Waals surface area (Å²) in [5.74, 6) is -1.60. The van der Waals surface area contributed by atoms with E-state index in [2.05, 4.69) is 203 Å². The summed E-state index contributed by atoms with van der Waals surface area (Å²) in [4.78, 5) is 59.0. The molecule has 5 unspecified atom stereocenters. The molecule has 5 atom stereocenters. The van der Waals surface area contributed by atoms with Gasteiger partial charge in [-0.2, -0.15) is 0 Å². The van der Waals surface area contributed by atoms with E-state index < -0.39 is 91.5 Å². The first-order valence-electron chi connectivity index (χ1n) is 45.1. The van der Waals surface area contributed by atoms with E-state index in [1.54, 1.807) is 0 Å². The number of ether oxygens (including phenoxy) is 3. The van der Waals surface area contributed by atoms with Crippen molar-refractivity contribution in [3.63, 3.8) is 0 Å². The van der Waals surface area contributed by atoms with Gasteiger partial charge in [0.2, 0.25) is 0 Å². The smallest absolute Gasteiger partial charge is 0.463 e. The fraction of sp³-hybridized carbons (Fsp3) is 0.660. The lowest BCUT2D eigenvalue weighted by atomic mass is 10.0. The van der Waals surface area contributed by atoms with E-state index >= 15 is 0 Å². The van der Waals surface area contributed by atoms with Gasteiger partial charge < -0.3 is 34.2 Å². The van der Waals surface area contributed by atoms with Crippen molar-refractivity contribution in [3.05, 3.63) is 182 Å². The third-order valence-corrected chi connectivity index (χ3v) is 20.5. The van der Waals surface area contributed by atoms with Crippen LogP contribution < -0.4 is 0 Å². The number of aliphatic hydroxyl groups excluding tert-OH is 2. The first-order chi connectivity index (χ1) is 56.2. The van der Waals surface area contributed by atoms with Gasteiger partial charge in [0.05, 0.1) is 26.4 Å². The van der Waals surface area contributed by atoms with Gasteiger partial charge in [0.25, 0.3) is 0 Å². The Morgan fingerprint density at radius 1 is 0.252 bits per heavy atom. The average Bonchev–Trinajstić information content (AvgIpc) is 0.902. The van der Waals surface area contributed by atoms with Crippen LogP contribution >= 0.6 is 15.6 Å². The Morgan fingerprint density at radius 2 is 0.461 bits per heavy atom. The predicted octanol–water partition coefficient (Wildman–Crippen LogP) is 27.7. The number of carbonyl (C=O) groups is 3. The normalized spacial score (nSPS) is 14.7. The van der Waals surface area contributed by atoms with E-state index in [0.717, 1.165) is 186 Å². The van der Waals surface area contributed by atoms with E-state index in [1.165, 1.54) is 109 Å². The van der Waals surface area contributed by atoms with Crippen LogP contribution in [0.3, 0.4) is 0 Å². The van der Waals surface area contributed by atoms with Crippen molar-refractivity contribution < 1.29 is 75.8 Å². The maximum Gasteiger partial charge on any atom is 0.472 e. The predicted molar refractivity (Wildman–Crippen MR) is 481 cm³/mol. The van der Waals surface area contributed by atoms with Crippen molar-refractivity contribution in [1.82, 2.24) is 0 Å². The SMILES string of the molecule is CC/C=C\C/C=C\C/C=C\C/C=C\C/C=C\C/C=C\CCCCCCCCCCCCCCCCC(=O)OCC(O)COP(=O)(O)OCC(O)COP(=O)(O)OCC(COC(=O)CCCCCCCCCCC/C=C\C/C=C\C/C=C\C/C=C\C/C=C\CC)OC(=O)CCCCCCC/C=C\C/C=C\C/C=C\C/C=C\CCCCC. The molecule has 0 aromatic heterocycles. The number of hydrogen-bond acceptors (Lipinski definition) is 14. The van der Waals surface area contributed by atoms with E-state index in [1.807, 2.05) is 0 Å². The van der Waals surface area contributed by atoms with Crippen LogP contribution in [0.5, 0.6) is 0 Å². The molecule has 0 aliphatic rings. The minimum atomic E-state index is -4.95. The molecule has 4 N–H and O–H groups in total. The molecular formula is C97H162O16P2. The molecule has 16 nitrogen and oxygen atoms in total. The van der Waals surface area contributed by atoms with Gasteiger partial charge in [-0.15, -0.1) is 0 Å². The monoisotopic (exact) mass is 1650 g/mol. The summed E-state index contributed by atoms with van der Waals surface area (Å²) < 4.78 is 61.4. The number of allylic oxidation sites excluding steroid dienone is 30. The molecule has 18 heteroatoms. The Kier molecular flexibility index (Phi) is 83.9. The van der Waals surface area contributed by atoms with Crippen molar-refractivity contribution in [2.45, 2.75) is 373 Å². The number of phosphoric acid groups is 2. The number of rotatable bonds is 84. The number of unbranched alkanes of at least 4 members (excludes halogenated alkanes) is 31. The highest BCUT2D eigenvalue weighted by molar-refractivity contribution is 7.47. The summed E-state index contributed by atoms with van der Waals surface area (Å²) >= 11 is 0. The maximum absolute atomic E-state index is 13.0. The molecule has 656 valence electrons. The third kappa shape index (κ3) is 89.3. The van der Waals surface area contributed by atoms with Crippen molar-refractivity contribution in [1.29, 1.82) is 0 Å². The third-order valence-electron chi connectivity index (χ3n) is 18.6. The van der Waals surface area contributed by atoms with Crippen molar-refractivity contribution >= 4 is 33.6 Å². The molecule has 0 saturated carbocycles. The lowest BCUT2D eigenvalue weighted by Gasteiger charge is -2.21. The Hall–Kier alpha value is -5.35. The Morgan fingerprint density at radius 3 is 0.730 bits per heavy atom. The molecule has 0 aliphatic carbocycles. The summed E-state index contributed by atoms with van der Waals surface area (Å²) in [7, 11) is -9.82. The van der Waals surface area contributed by atoms with Crippen LogP contribution in [-0.4, -0.2) is 95.9 Å². The van der Waals surface area contributed by atoms with E-state index in [4.69, 9.17) is 32.3 Å². The second kappa shape index (κ2) is 87.9. The minimum Gasteiger partial charge on any atom is -0.463 e. The minimum absolute atomic E-state index is 0.0770. The molecule has 0 spiro atoms. The van der Waals surface area contributed by atoms with Gasteiger partial charge in [-0.05, 0) is 161 Å². The molecule has 0 radical (unpaired) electrons. The van der Waals surface area contributed by atoms with Crippen molar-refractivity contribution in [2.24, 2.45) is 0 Å². The second-order valence-electron chi connectivity index (χ2n) is 29.6. The summed E-state index contributed by atoms with van der Waals surface area (Å²) in [6, 6.07) is 0. The van der Waals surface area contributed by atoms with Crippen LogP contribution in [0.1, 0.15) is 355 Å². The molecule has 0 amide bonds. The summed E-state index contributed by atoms with van der Waals surface area (Å²) in [5.41, 5.74) is 0. The highest BCUT2D eigenvalue weighted by atomic mass is 31.2. The lowest BCUT2D eigenvalue weighted by molar-refractivity contribution is -0.161. The highest BCUT2D eigenvalue weighted by Crippen LogP contribution is 2.45. The van der Waals surface area contributed by atoms with Crippen LogP contribution in [0.2, 0.25) is 0 Å². The molecule has 0 fully saturated rings. The molecule has 0 heterocycles. The first kappa shape index (κ1) is 110. The van der Waals surface area contributed by atoms with Crippen LogP contribution in [0.25, 0.3) is 0 Å². The van der Waals surface area contributed by atoms with Crippen LogP contribution in [-0.2, 0) is 55.8 Å². The summed E-state index contributed by atoms with van der Waals surface area (Å²) in [6.07, 6.45) is 115. The number of esters is 3. The number of phosphoric ester groups is 2. The average molecular weight is 1650 g/mol. The molecule has 0 rings (SSSR count). The Bertz CT molecular complexity index is 2820. The molecule has 115 heavy (non-hydrogen) atoms. The zero-order valence-electron chi connectivity index (χ0n) is 72.1. The van der Waals surface area contributed by atoms with Gasteiger partial charge in [0, 0.05) is 19.3 Å². The fourth-order valence-electron chi connectivity index (χ4n) is 11.8. The van der Waals surface area contributed by atoms with E-state index in [9.17, 15) is 43.5 Å². The molecule has 0 saturated heterocycles. The zero-order valence-corrected chi connectivity index (χ0v) is 73.9. The van der Waals surface area contributed by atoms with Gasteiger partial charge >= 0.3 is 33.6 Å². The Balaban J connectivity index is 4.60. The number of hydrogen-bond donors (Lipinski definition) is 4. The summed E-state index contributed by atoms with van der Waals surface area (Å²) in [6.45, 7) is 2.42. The Labute approximate surface area is 700 Å². The van der Waals surface area contributed by atoms with Crippen LogP contribution in [0.4, 0.5) is 0 Å². The topological polar surface area (TPSA) is 231 Å². The number of carbonyl (C=O) groups excluding carboxylic acids is 3. The standard InChI is InChI=1S/C97H162O16P2/c1-4-7-10-13-16-19-22-25-28-31-34-37-39-41-42-43-44-45-46-47-48-50-52-54-56-59-62-65-68-71-74-77-80-83-95(100)107-86-92(98)87-109-114(103,104)110-88-93(99)89-111-115(105,106)112-91-94(113-97(102)85-82-79-76-73-70-67-64-61-58-53-36-33-30-27-24-21-18-15-12-9-6-3)90-108-96(101)84-81-78-75-72-69-66-63-60-57-55-51-49-40-38-35-32-29-26-23-20-17-14-11-8-5-2/h7-8,10-11,16-21,25-30,34-38,41-42,44-45,49,51,53,61,64,92-94,98-99H,4-6,9,12-15,22-24,31-33,39-40,43,46-48,50,52,54-60,62-63,65-91H2,1-3H3,(H,103,104)(H,105,106)/b10-7-,11-8-,19-16-,20-17-,21-18-,28-25-,29-26-,30-27-,37-34-,38-35-,42-41-,45-44-,51-49-,53-36-,64-61-. The molecule has 0 bridgehead atoms. The highest BCUT2D eigenvalue weighted by Gasteiger charge is 2.29. The maximum atomic E-state index is 13.0. The van der Waals surface area contributed by atoms with Gasteiger partial charge in [0.1, 0.15) is 25.4 Å². The second-order valence-corrected chi connectivity index (χ2v) is 32.5. The van der Waals surface area contributed by atoms with Gasteiger partial charge in [-0.1, -0.05) is 357 Å². The van der Waals surface area contributed by atoms with Crippen LogP contribution in [0, 0.1) is 0 Å². The zero-order chi connectivity index (χ0) is 83.6. The van der Waals surface area contributed by atoms with Crippen molar-refractivity contribution in [3.8, 4) is 0 Å². The largest absolute Gasteiger partial charge is 0.472 e. The van der Waals surface area contributed by atoms with Gasteiger partial charge in [-0.25, -0.2) is 9.13 Å². The molecular weight excluding hydrogens is 1480 g/mol. The van der Waals surface area contributed by atoms with Crippen LogP contribution in [0.15, 0.2) is 182 Å². The van der Waals surface area contributed by atoms with E-state index in [-0.39, 0.29) is 19.3 Å². The first-order valence-corrected chi connectivity index (χ1v) is 48.1. The fourth-order valence-corrected chi connectivity index (χ4v) is 13.4. The molecule has 0 aliphatic heterocycles. The van der Waals surface area contributed by atoms with Gasteiger partial charge in [0.15, 0.2) is 6.10 Å². The quantitative estimate of drug-likeness (QED) is 0.0146. The molecule has 0 aromatic rings. The lowest BCUT2D eigenvalue weighted by Crippen LogP contribution is -2.30. The summed E-state index contributed by atoms with van der Waals surface area (Å²) in [5, 5.41) is 20.7. The molecule has 0 aromatic carbocycles. The van der Waals surface area contributed by atoms with Crippen molar-refractivity contribution in [2.75, 3.05) is 39.6 Å². The van der Waals surface area contributed by atoms with Gasteiger partial charge in [-0.3, -0.25) is 32.5 Å². The van der Waals surface area contributed by atoms with E-state index in [0.29, 0.717) is 19.3 Å². The number of aliphatic hydroxyl groups is 2.